The minimum atomic E-state index is -3.89. The van der Waals surface area contributed by atoms with Crippen LogP contribution >= 0.6 is 26.6 Å². The third-order valence-corrected chi connectivity index (χ3v) is 4.98. The van der Waals surface area contributed by atoms with Crippen molar-refractivity contribution in [3.8, 4) is 0 Å². The van der Waals surface area contributed by atoms with E-state index in [-0.39, 0.29) is 16.8 Å². The van der Waals surface area contributed by atoms with E-state index < -0.39 is 9.05 Å². The second-order valence-electron chi connectivity index (χ2n) is 4.87. The standard InChI is InChI=1S/C13H13BrClFN2O2S/c1-8(2)13-17-11(21(15,19)20)7-18(13)6-9-4-3-5-10(16)12(9)14/h3-5,7-8H,6H2,1-2H3. The van der Waals surface area contributed by atoms with E-state index in [0.29, 0.717) is 22.4 Å². The Morgan fingerprint density at radius 1 is 1.43 bits per heavy atom. The van der Waals surface area contributed by atoms with Crippen LogP contribution in [0.1, 0.15) is 31.2 Å². The average molecular weight is 396 g/mol. The smallest absolute Gasteiger partial charge is 0.280 e. The van der Waals surface area contributed by atoms with Gasteiger partial charge in [-0.1, -0.05) is 26.0 Å². The predicted octanol–water partition coefficient (Wildman–Crippen LogP) is 3.88. The van der Waals surface area contributed by atoms with Crippen LogP contribution < -0.4 is 0 Å². The van der Waals surface area contributed by atoms with Gasteiger partial charge < -0.3 is 4.57 Å². The van der Waals surface area contributed by atoms with E-state index >= 15 is 0 Å². The van der Waals surface area contributed by atoms with Crippen molar-refractivity contribution in [3.63, 3.8) is 0 Å². The number of nitrogens with zero attached hydrogens (tertiary/aromatic N) is 2. The van der Waals surface area contributed by atoms with E-state index in [2.05, 4.69) is 20.9 Å². The largest absolute Gasteiger partial charge is 0.329 e. The molecule has 0 bridgehead atoms. The number of rotatable bonds is 4. The maximum Gasteiger partial charge on any atom is 0.280 e. The summed E-state index contributed by atoms with van der Waals surface area (Å²) in [6, 6.07) is 4.70. The Morgan fingerprint density at radius 2 is 2.10 bits per heavy atom. The lowest BCUT2D eigenvalue weighted by atomic mass is 10.2. The summed E-state index contributed by atoms with van der Waals surface area (Å²) in [7, 11) is 1.44. The maximum absolute atomic E-state index is 13.5. The number of hydrogen-bond donors (Lipinski definition) is 0. The molecule has 0 saturated carbocycles. The molecule has 0 N–H and O–H groups in total. The summed E-state index contributed by atoms with van der Waals surface area (Å²) in [5.41, 5.74) is 0.688. The van der Waals surface area contributed by atoms with Crippen molar-refractivity contribution in [1.29, 1.82) is 0 Å². The van der Waals surface area contributed by atoms with E-state index in [1.54, 1.807) is 16.7 Å². The zero-order valence-corrected chi connectivity index (χ0v) is 14.5. The first-order valence-corrected chi connectivity index (χ1v) is 9.25. The molecule has 21 heavy (non-hydrogen) atoms. The fourth-order valence-corrected chi connectivity index (χ4v) is 3.03. The van der Waals surface area contributed by atoms with E-state index in [1.165, 1.54) is 12.3 Å². The van der Waals surface area contributed by atoms with Gasteiger partial charge >= 0.3 is 0 Å². The van der Waals surface area contributed by atoms with Crippen LogP contribution in [-0.2, 0) is 15.6 Å². The molecule has 0 spiro atoms. The Kier molecular flexibility index (Phi) is 4.75. The van der Waals surface area contributed by atoms with Gasteiger partial charge in [0.1, 0.15) is 11.6 Å². The summed E-state index contributed by atoms with van der Waals surface area (Å²) >= 11 is 3.19. The van der Waals surface area contributed by atoms with Crippen LogP contribution in [0.5, 0.6) is 0 Å². The lowest BCUT2D eigenvalue weighted by Gasteiger charge is -2.11. The van der Waals surface area contributed by atoms with E-state index in [0.717, 1.165) is 0 Å². The van der Waals surface area contributed by atoms with Gasteiger partial charge in [0.2, 0.25) is 0 Å². The Morgan fingerprint density at radius 3 is 2.67 bits per heavy atom. The molecular weight excluding hydrogens is 383 g/mol. The van der Waals surface area contributed by atoms with E-state index in [1.807, 2.05) is 13.8 Å². The Labute approximate surface area is 135 Å². The summed E-state index contributed by atoms with van der Waals surface area (Å²) in [4.78, 5) is 4.06. The van der Waals surface area contributed by atoms with Gasteiger partial charge in [0.15, 0.2) is 5.03 Å². The topological polar surface area (TPSA) is 52.0 Å². The zero-order chi connectivity index (χ0) is 15.8. The zero-order valence-electron chi connectivity index (χ0n) is 11.3. The van der Waals surface area contributed by atoms with Crippen molar-refractivity contribution in [2.45, 2.75) is 31.3 Å². The number of imidazole rings is 1. The third kappa shape index (κ3) is 3.64. The molecular formula is C13H13BrClFN2O2S. The average Bonchev–Trinajstić information content (AvgIpc) is 2.79. The van der Waals surface area contributed by atoms with Crippen LogP contribution in [0.25, 0.3) is 0 Å². The molecule has 2 aromatic rings. The fraction of sp³-hybridized carbons (Fsp3) is 0.308. The van der Waals surface area contributed by atoms with Crippen LogP contribution in [0.2, 0.25) is 0 Å². The van der Waals surface area contributed by atoms with Crippen LogP contribution in [0.3, 0.4) is 0 Å². The second-order valence-corrected chi connectivity index (χ2v) is 8.18. The van der Waals surface area contributed by atoms with Crippen LogP contribution in [0, 0.1) is 5.82 Å². The molecule has 8 heteroatoms. The number of benzene rings is 1. The monoisotopic (exact) mass is 394 g/mol. The van der Waals surface area contributed by atoms with Crippen LogP contribution in [0.4, 0.5) is 4.39 Å². The highest BCUT2D eigenvalue weighted by atomic mass is 79.9. The molecule has 1 aromatic heterocycles. The lowest BCUT2D eigenvalue weighted by molar-refractivity contribution is 0.606. The molecule has 0 fully saturated rings. The molecule has 114 valence electrons. The summed E-state index contributed by atoms with van der Waals surface area (Å²) in [5, 5.41) is -0.194. The summed E-state index contributed by atoms with van der Waals surface area (Å²) in [6.07, 6.45) is 1.37. The van der Waals surface area contributed by atoms with E-state index in [9.17, 15) is 12.8 Å². The first kappa shape index (κ1) is 16.5. The predicted molar refractivity (Wildman–Crippen MR) is 82.6 cm³/mol. The third-order valence-electron chi connectivity index (χ3n) is 2.92. The van der Waals surface area contributed by atoms with Crippen molar-refractivity contribution in [3.05, 3.63) is 46.1 Å². The molecule has 0 atom stereocenters. The van der Waals surface area contributed by atoms with Crippen molar-refractivity contribution in [2.24, 2.45) is 0 Å². The van der Waals surface area contributed by atoms with Gasteiger partial charge in [-0.05, 0) is 27.6 Å². The molecule has 0 radical (unpaired) electrons. The minimum absolute atomic E-state index is 0.00417. The van der Waals surface area contributed by atoms with Crippen LogP contribution in [0.15, 0.2) is 33.9 Å². The Balaban J connectivity index is 2.48. The highest BCUT2D eigenvalue weighted by molar-refractivity contribution is 9.10. The first-order valence-electron chi connectivity index (χ1n) is 6.14. The molecule has 4 nitrogen and oxygen atoms in total. The molecule has 1 aromatic carbocycles. The molecule has 0 aliphatic heterocycles. The summed E-state index contributed by atoms with van der Waals surface area (Å²) in [5.74, 6) is 0.207. The van der Waals surface area contributed by atoms with Gasteiger partial charge in [-0.25, -0.2) is 17.8 Å². The summed E-state index contributed by atoms with van der Waals surface area (Å²) in [6.45, 7) is 4.08. The van der Waals surface area contributed by atoms with Crippen molar-refractivity contribution in [1.82, 2.24) is 9.55 Å². The Bertz CT molecular complexity index is 774. The molecule has 2 rings (SSSR count). The quantitative estimate of drug-likeness (QED) is 0.738. The number of aromatic nitrogens is 2. The van der Waals surface area contributed by atoms with Crippen molar-refractivity contribution < 1.29 is 12.8 Å². The highest BCUT2D eigenvalue weighted by Crippen LogP contribution is 2.25. The first-order chi connectivity index (χ1) is 9.70. The molecule has 0 aliphatic carbocycles. The number of hydrogen-bond acceptors (Lipinski definition) is 3. The van der Waals surface area contributed by atoms with Gasteiger partial charge in [0.05, 0.1) is 11.0 Å². The minimum Gasteiger partial charge on any atom is -0.329 e. The van der Waals surface area contributed by atoms with Crippen LogP contribution in [-0.4, -0.2) is 18.0 Å². The van der Waals surface area contributed by atoms with Crippen molar-refractivity contribution in [2.75, 3.05) is 0 Å². The molecule has 0 saturated heterocycles. The molecule has 0 unspecified atom stereocenters. The van der Waals surface area contributed by atoms with Gasteiger partial charge in [-0.2, -0.15) is 0 Å². The van der Waals surface area contributed by atoms with Gasteiger partial charge in [0, 0.05) is 22.8 Å². The second kappa shape index (κ2) is 6.06. The highest BCUT2D eigenvalue weighted by Gasteiger charge is 2.20. The molecule has 0 amide bonds. The van der Waals surface area contributed by atoms with Crippen molar-refractivity contribution >= 4 is 35.7 Å². The summed E-state index contributed by atoms with van der Waals surface area (Å²) < 4.78 is 38.4. The van der Waals surface area contributed by atoms with E-state index in [4.69, 9.17) is 10.7 Å². The van der Waals surface area contributed by atoms with Gasteiger partial charge in [-0.15, -0.1) is 0 Å². The van der Waals surface area contributed by atoms with Gasteiger partial charge in [-0.3, -0.25) is 0 Å². The number of halogens is 3. The van der Waals surface area contributed by atoms with Gasteiger partial charge in [0.25, 0.3) is 9.05 Å². The Hall–Kier alpha value is -0.920. The molecule has 0 aliphatic rings. The molecule has 1 heterocycles. The lowest BCUT2D eigenvalue weighted by Crippen LogP contribution is -2.06. The SMILES string of the molecule is CC(C)c1nc(S(=O)(=O)Cl)cn1Cc1cccc(F)c1Br. The normalized spacial score (nSPS) is 12.1. The maximum atomic E-state index is 13.5. The fourth-order valence-electron chi connectivity index (χ4n) is 1.96.